The van der Waals surface area contributed by atoms with Crippen molar-refractivity contribution in [2.75, 3.05) is 5.32 Å². The number of hydrogen-bond donors (Lipinski definition) is 3. The lowest BCUT2D eigenvalue weighted by molar-refractivity contribution is 0.210. The number of nitrogens with zero attached hydrogens (tertiary/aromatic N) is 3. The van der Waals surface area contributed by atoms with Crippen molar-refractivity contribution in [1.82, 2.24) is 20.2 Å². The van der Waals surface area contributed by atoms with Crippen LogP contribution in [0.3, 0.4) is 0 Å². The third-order valence-corrected chi connectivity index (χ3v) is 4.29. The first-order valence-electron chi connectivity index (χ1n) is 8.19. The molecule has 0 aliphatic rings. The first kappa shape index (κ1) is 17.4. The summed E-state index contributed by atoms with van der Waals surface area (Å²) < 4.78 is 13.2. The highest BCUT2D eigenvalue weighted by Gasteiger charge is 2.18. The molecule has 6 nitrogen and oxygen atoms in total. The second kappa shape index (κ2) is 6.94. The van der Waals surface area contributed by atoms with Gasteiger partial charge in [0, 0.05) is 22.2 Å². The number of nitrogens with one attached hydrogen (secondary N) is 2. The first-order valence-corrected chi connectivity index (χ1v) is 8.57. The molecule has 0 saturated heterocycles. The third-order valence-electron chi connectivity index (χ3n) is 4.06. The van der Waals surface area contributed by atoms with E-state index in [1.807, 2.05) is 13.0 Å². The summed E-state index contributed by atoms with van der Waals surface area (Å²) in [6.07, 6.45) is -1.12. The Kier molecular flexibility index (Phi) is 4.47. The Balaban J connectivity index is 1.81. The molecule has 1 atom stereocenters. The molecule has 0 fully saturated rings. The van der Waals surface area contributed by atoms with Gasteiger partial charge in [-0.05, 0) is 42.8 Å². The zero-order valence-corrected chi connectivity index (χ0v) is 15.0. The maximum atomic E-state index is 13.2. The quantitative estimate of drug-likeness (QED) is 0.489. The van der Waals surface area contributed by atoms with Crippen LogP contribution in [0.25, 0.3) is 10.9 Å². The molecule has 3 N–H and O–H groups in total. The van der Waals surface area contributed by atoms with Crippen LogP contribution in [-0.2, 0) is 0 Å². The second-order valence-electron chi connectivity index (χ2n) is 6.11. The summed E-state index contributed by atoms with van der Waals surface area (Å²) in [5.41, 5.74) is 1.95. The van der Waals surface area contributed by atoms with Crippen molar-refractivity contribution in [2.45, 2.75) is 13.0 Å². The Hall–Kier alpha value is -3.03. The number of benzene rings is 2. The molecule has 27 heavy (non-hydrogen) atoms. The topological polar surface area (TPSA) is 86.7 Å². The van der Waals surface area contributed by atoms with Crippen LogP contribution in [0.1, 0.15) is 23.2 Å². The van der Waals surface area contributed by atoms with Crippen LogP contribution in [0.4, 0.5) is 16.0 Å². The fraction of sp³-hybridized carbons (Fsp3) is 0.105. The van der Waals surface area contributed by atoms with E-state index in [9.17, 15) is 9.50 Å². The van der Waals surface area contributed by atoms with E-state index >= 15 is 0 Å². The SMILES string of the molecule is Cc1cc(Nc2nc([C@H](O)c3ccc(F)cc3)nc3cc(Cl)ccc23)n[nH]1. The number of halogens is 2. The van der Waals surface area contributed by atoms with Gasteiger partial charge in [-0.2, -0.15) is 5.10 Å². The average molecular weight is 384 g/mol. The smallest absolute Gasteiger partial charge is 0.164 e. The lowest BCUT2D eigenvalue weighted by Crippen LogP contribution is -2.08. The largest absolute Gasteiger partial charge is 0.380 e. The molecule has 0 spiro atoms. The van der Waals surface area contributed by atoms with Gasteiger partial charge in [-0.25, -0.2) is 14.4 Å². The molecule has 2 aromatic carbocycles. The molecule has 2 heterocycles. The fourth-order valence-corrected chi connectivity index (χ4v) is 2.90. The monoisotopic (exact) mass is 383 g/mol. The van der Waals surface area contributed by atoms with Gasteiger partial charge < -0.3 is 10.4 Å². The zero-order chi connectivity index (χ0) is 19.0. The highest BCUT2D eigenvalue weighted by atomic mass is 35.5. The molecule has 8 heteroatoms. The molecule has 0 radical (unpaired) electrons. The Labute approximate surface area is 159 Å². The van der Waals surface area contributed by atoms with Crippen molar-refractivity contribution in [3.8, 4) is 0 Å². The summed E-state index contributed by atoms with van der Waals surface area (Å²) in [4.78, 5) is 8.91. The van der Waals surface area contributed by atoms with Gasteiger partial charge in [0.1, 0.15) is 17.7 Å². The second-order valence-corrected chi connectivity index (χ2v) is 6.54. The van der Waals surface area contributed by atoms with Crippen molar-refractivity contribution in [3.05, 3.63) is 76.5 Å². The summed E-state index contributed by atoms with van der Waals surface area (Å²) in [6, 6.07) is 12.6. The molecule has 2 aromatic heterocycles. The van der Waals surface area contributed by atoms with Gasteiger partial charge >= 0.3 is 0 Å². The van der Waals surface area contributed by atoms with Gasteiger partial charge in [-0.3, -0.25) is 5.10 Å². The predicted octanol–water partition coefficient (Wildman–Crippen LogP) is 4.28. The number of rotatable bonds is 4. The van der Waals surface area contributed by atoms with Gasteiger partial charge in [-0.1, -0.05) is 23.7 Å². The van der Waals surface area contributed by atoms with Crippen molar-refractivity contribution in [2.24, 2.45) is 0 Å². The number of aliphatic hydroxyl groups is 1. The van der Waals surface area contributed by atoms with Gasteiger partial charge in [0.25, 0.3) is 0 Å². The van der Waals surface area contributed by atoms with E-state index in [-0.39, 0.29) is 11.6 Å². The number of H-pyrrole nitrogens is 1. The normalized spacial score (nSPS) is 12.3. The molecule has 0 aliphatic carbocycles. The predicted molar refractivity (Wildman–Crippen MR) is 102 cm³/mol. The number of anilines is 2. The fourth-order valence-electron chi connectivity index (χ4n) is 2.74. The zero-order valence-electron chi connectivity index (χ0n) is 14.2. The number of fused-ring (bicyclic) bond motifs is 1. The van der Waals surface area contributed by atoms with Crippen LogP contribution in [-0.4, -0.2) is 25.3 Å². The lowest BCUT2D eigenvalue weighted by Gasteiger charge is -2.14. The molecule has 4 aromatic rings. The van der Waals surface area contributed by atoms with Crippen LogP contribution in [0.5, 0.6) is 0 Å². The van der Waals surface area contributed by atoms with Crippen LogP contribution >= 0.6 is 11.6 Å². The molecular weight excluding hydrogens is 369 g/mol. The van der Waals surface area contributed by atoms with Gasteiger partial charge in [-0.15, -0.1) is 0 Å². The molecular formula is C19H15ClFN5O. The highest BCUT2D eigenvalue weighted by Crippen LogP contribution is 2.29. The molecule has 0 saturated carbocycles. The lowest BCUT2D eigenvalue weighted by atomic mass is 10.1. The Morgan fingerprint density at radius 1 is 1.11 bits per heavy atom. The molecule has 0 unspecified atom stereocenters. The standard InChI is InChI=1S/C19H15ClFN5O/c1-10-8-16(26-25-10)23-18-14-7-4-12(20)9-15(14)22-19(24-18)17(27)11-2-5-13(21)6-3-11/h2-9,17,27H,1H3,(H2,22,23,24,25,26)/t17-/m1/s1. The maximum Gasteiger partial charge on any atom is 0.164 e. The van der Waals surface area contributed by atoms with Crippen LogP contribution in [0.15, 0.2) is 48.5 Å². The van der Waals surface area contributed by atoms with E-state index in [1.165, 1.54) is 24.3 Å². The van der Waals surface area contributed by atoms with E-state index < -0.39 is 6.10 Å². The minimum Gasteiger partial charge on any atom is -0.380 e. The van der Waals surface area contributed by atoms with E-state index in [2.05, 4.69) is 25.5 Å². The van der Waals surface area contributed by atoms with Crippen LogP contribution in [0.2, 0.25) is 5.02 Å². The Morgan fingerprint density at radius 2 is 1.89 bits per heavy atom. The number of aromatic nitrogens is 4. The highest BCUT2D eigenvalue weighted by molar-refractivity contribution is 6.31. The number of hydrogen-bond acceptors (Lipinski definition) is 5. The maximum absolute atomic E-state index is 13.2. The summed E-state index contributed by atoms with van der Waals surface area (Å²) in [5.74, 6) is 0.864. The number of aromatic amines is 1. The Morgan fingerprint density at radius 3 is 2.59 bits per heavy atom. The van der Waals surface area contributed by atoms with Crippen LogP contribution in [0, 0.1) is 12.7 Å². The van der Waals surface area contributed by atoms with Crippen molar-refractivity contribution in [3.63, 3.8) is 0 Å². The summed E-state index contributed by atoms with van der Waals surface area (Å²) in [7, 11) is 0. The van der Waals surface area contributed by atoms with Gasteiger partial charge in [0.05, 0.1) is 5.52 Å². The third kappa shape index (κ3) is 3.60. The number of aryl methyl sites for hydroxylation is 1. The molecule has 0 aliphatic heterocycles. The minimum absolute atomic E-state index is 0.172. The van der Waals surface area contributed by atoms with Gasteiger partial charge in [0.15, 0.2) is 11.6 Å². The molecule has 0 bridgehead atoms. The van der Waals surface area contributed by atoms with E-state index in [1.54, 1.807) is 18.2 Å². The van der Waals surface area contributed by atoms with E-state index in [0.717, 1.165) is 11.1 Å². The molecule has 0 amide bonds. The summed E-state index contributed by atoms with van der Waals surface area (Å²) in [6.45, 7) is 1.89. The molecule has 4 rings (SSSR count). The van der Waals surface area contributed by atoms with E-state index in [4.69, 9.17) is 11.6 Å². The van der Waals surface area contributed by atoms with Crippen molar-refractivity contribution >= 4 is 34.1 Å². The minimum atomic E-state index is -1.12. The summed E-state index contributed by atoms with van der Waals surface area (Å²) >= 11 is 6.10. The average Bonchev–Trinajstić information content (AvgIpc) is 3.06. The van der Waals surface area contributed by atoms with Gasteiger partial charge in [0.2, 0.25) is 0 Å². The first-order chi connectivity index (χ1) is 13.0. The Bertz CT molecular complexity index is 1110. The van der Waals surface area contributed by atoms with E-state index in [0.29, 0.717) is 27.7 Å². The van der Waals surface area contributed by atoms with Crippen LogP contribution < -0.4 is 5.32 Å². The van der Waals surface area contributed by atoms with Crippen molar-refractivity contribution < 1.29 is 9.50 Å². The molecule has 136 valence electrons. The number of aliphatic hydroxyl groups excluding tert-OH is 1. The van der Waals surface area contributed by atoms with Crippen molar-refractivity contribution in [1.29, 1.82) is 0 Å². The summed E-state index contributed by atoms with van der Waals surface area (Å²) in [5, 5.41) is 22.1.